The Morgan fingerprint density at radius 1 is 0.875 bits per heavy atom. The van der Waals surface area contributed by atoms with Gasteiger partial charge in [0.2, 0.25) is 0 Å². The van der Waals surface area contributed by atoms with Crippen molar-refractivity contribution in [1.82, 2.24) is 0 Å². The Balaban J connectivity index is -0.000000701. The van der Waals surface area contributed by atoms with E-state index in [0.29, 0.717) is 17.9 Å². The first-order chi connectivity index (χ1) is 13.7. The van der Waals surface area contributed by atoms with Crippen molar-refractivity contribution in [2.24, 2.45) is 17.8 Å². The second-order valence-corrected chi connectivity index (χ2v) is 11.6. The zero-order valence-corrected chi connectivity index (χ0v) is 26.7. The van der Waals surface area contributed by atoms with Crippen LogP contribution in [0.5, 0.6) is 0 Å². The zero-order chi connectivity index (χ0) is 23.4. The first-order valence-corrected chi connectivity index (χ1v) is 13.7. The Hall–Kier alpha value is 1.51. The van der Waals surface area contributed by atoms with E-state index in [1.807, 2.05) is 0 Å². The monoisotopic (exact) mass is 518 g/mol. The van der Waals surface area contributed by atoms with E-state index in [1.165, 1.54) is 38.5 Å². The van der Waals surface area contributed by atoms with E-state index in [1.54, 1.807) is 6.92 Å². The van der Waals surface area contributed by atoms with Gasteiger partial charge in [0.15, 0.2) is 0 Å². The van der Waals surface area contributed by atoms with Gasteiger partial charge in [-0.3, -0.25) is 4.89 Å². The molecule has 8 nitrogen and oxygen atoms in total. The van der Waals surface area contributed by atoms with Crippen molar-refractivity contribution in [2.75, 3.05) is 0 Å². The number of phosphoric ester groups is 1. The summed E-state index contributed by atoms with van der Waals surface area (Å²) in [6.07, 6.45) is 11.1. The second kappa shape index (κ2) is 19.7. The number of hydrogen-bond donors (Lipinski definition) is 3. The average Bonchev–Trinajstić information content (AvgIpc) is 2.51. The first-order valence-electron chi connectivity index (χ1n) is 10.7. The summed E-state index contributed by atoms with van der Waals surface area (Å²) in [5.41, 5.74) is 0.655. The summed E-state index contributed by atoms with van der Waals surface area (Å²) in [5.74, 6) is 0.954. The predicted molar refractivity (Wildman–Crippen MR) is 120 cm³/mol. The average molecular weight is 518 g/mol. The molecule has 0 saturated carbocycles. The number of phosphoric acid groups is 2. The molecule has 3 N–H and O–H groups in total. The van der Waals surface area contributed by atoms with Gasteiger partial charge >= 0.3 is 80.7 Å². The fraction of sp³-hybridized carbons (Fsp3) is 0.850. The summed E-state index contributed by atoms with van der Waals surface area (Å²) in [5, 5.41) is 0. The molecule has 0 bridgehead atoms. The minimum Gasteiger partial charge on any atom is -1.00 e. The quantitative estimate of drug-likeness (QED) is 0.152. The van der Waals surface area contributed by atoms with Crippen LogP contribution in [-0.4, -0.2) is 20.6 Å². The molecule has 0 aliphatic heterocycles. The maximum Gasteiger partial charge on any atom is 1.00 e. The summed E-state index contributed by atoms with van der Waals surface area (Å²) in [4.78, 5) is 37.8. The minimum atomic E-state index is -5.24. The Bertz CT molecular complexity index is 648. The zero-order valence-electron chi connectivity index (χ0n) is 23.0. The van der Waals surface area contributed by atoms with Gasteiger partial charge in [-0.2, -0.15) is 4.31 Å². The Morgan fingerprint density at radius 2 is 1.31 bits per heavy atom. The standard InChI is InChI=1S/C20H40O8P2.2Na.2H/c1-16(2)9-6-10-17(3)11-7-12-18(4)13-8-14-19(5)15-20(21)27-30(25,26)28-29(22,23)24;;;;/h15-18H,6-14H2,1-5H3,(H,25,26)(H2,22,23,24);;;;/q;2*+1;2*-1/b19-15+;;;;/t17-,18-;;;;/m1..../s1. The van der Waals surface area contributed by atoms with Crippen molar-refractivity contribution in [3.8, 4) is 0 Å². The third-order valence-corrected chi connectivity index (χ3v) is 7.01. The van der Waals surface area contributed by atoms with Crippen molar-refractivity contribution in [3.05, 3.63) is 11.6 Å². The molecule has 0 saturated heterocycles. The normalized spacial score (nSPS) is 15.8. The van der Waals surface area contributed by atoms with Gasteiger partial charge in [0.25, 0.3) is 0 Å². The van der Waals surface area contributed by atoms with Crippen LogP contribution < -0.4 is 59.1 Å². The fourth-order valence-electron chi connectivity index (χ4n) is 3.27. The van der Waals surface area contributed by atoms with Gasteiger partial charge < -0.3 is 17.2 Å². The maximum atomic E-state index is 11.6. The Morgan fingerprint density at radius 3 is 1.75 bits per heavy atom. The molecule has 0 radical (unpaired) electrons. The van der Waals surface area contributed by atoms with Crippen molar-refractivity contribution < 1.29 is 99.4 Å². The number of carbonyl (C=O) groups is 1. The second-order valence-electron chi connectivity index (χ2n) is 8.80. The summed E-state index contributed by atoms with van der Waals surface area (Å²) in [7, 11) is -10.4. The van der Waals surface area contributed by atoms with Crippen molar-refractivity contribution in [2.45, 2.75) is 92.4 Å². The molecule has 0 aliphatic rings. The van der Waals surface area contributed by atoms with Gasteiger partial charge in [-0.05, 0) is 37.5 Å². The summed E-state index contributed by atoms with van der Waals surface area (Å²) >= 11 is 0. The molecule has 3 atom stereocenters. The van der Waals surface area contributed by atoms with E-state index in [0.717, 1.165) is 30.8 Å². The van der Waals surface area contributed by atoms with E-state index in [2.05, 4.69) is 36.5 Å². The molecule has 32 heavy (non-hydrogen) atoms. The molecular formula is C20H42Na2O8P2. The Kier molecular flexibility index (Phi) is 23.4. The molecule has 182 valence electrons. The van der Waals surface area contributed by atoms with E-state index in [4.69, 9.17) is 14.7 Å². The largest absolute Gasteiger partial charge is 1.00 e. The summed E-state index contributed by atoms with van der Waals surface area (Å²) in [6, 6.07) is 0. The van der Waals surface area contributed by atoms with Crippen LogP contribution >= 0.6 is 15.6 Å². The van der Waals surface area contributed by atoms with Crippen LogP contribution in [0.1, 0.15) is 95.3 Å². The maximum absolute atomic E-state index is 11.6. The number of allylic oxidation sites excluding steroid dienone is 1. The molecule has 0 amide bonds. The molecule has 0 rings (SSSR count). The molecule has 0 fully saturated rings. The van der Waals surface area contributed by atoms with Gasteiger partial charge in [0.1, 0.15) is 0 Å². The third-order valence-electron chi connectivity index (χ3n) is 4.92. The van der Waals surface area contributed by atoms with Crippen LogP contribution in [0.25, 0.3) is 0 Å². The van der Waals surface area contributed by atoms with Crippen molar-refractivity contribution >= 4 is 21.6 Å². The first kappa shape index (κ1) is 38.0. The van der Waals surface area contributed by atoms with Crippen molar-refractivity contribution in [3.63, 3.8) is 0 Å². The molecule has 0 heterocycles. The Labute approximate surface area is 241 Å². The van der Waals surface area contributed by atoms with Gasteiger partial charge in [-0.25, -0.2) is 13.9 Å². The van der Waals surface area contributed by atoms with Gasteiger partial charge in [-0.15, -0.1) is 0 Å². The molecule has 1 unspecified atom stereocenters. The number of hydrogen-bond acceptors (Lipinski definition) is 5. The van der Waals surface area contributed by atoms with Gasteiger partial charge in [0.05, 0.1) is 0 Å². The van der Waals surface area contributed by atoms with Crippen LogP contribution in [0.2, 0.25) is 0 Å². The van der Waals surface area contributed by atoms with Crippen LogP contribution in [-0.2, 0) is 22.8 Å². The molecule has 0 aromatic rings. The molecule has 12 heteroatoms. The van der Waals surface area contributed by atoms with E-state index in [9.17, 15) is 13.9 Å². The van der Waals surface area contributed by atoms with Crippen LogP contribution in [0, 0.1) is 17.8 Å². The number of rotatable bonds is 16. The summed E-state index contributed by atoms with van der Waals surface area (Å²) < 4.78 is 29.6. The smallest absolute Gasteiger partial charge is 1.00 e. The van der Waals surface area contributed by atoms with Crippen LogP contribution in [0.15, 0.2) is 11.6 Å². The third kappa shape index (κ3) is 24.6. The van der Waals surface area contributed by atoms with E-state index >= 15 is 0 Å². The van der Waals surface area contributed by atoms with Crippen LogP contribution in [0.3, 0.4) is 0 Å². The van der Waals surface area contributed by atoms with E-state index in [-0.39, 0.29) is 62.0 Å². The van der Waals surface area contributed by atoms with Crippen LogP contribution in [0.4, 0.5) is 0 Å². The topological polar surface area (TPSA) is 130 Å². The van der Waals surface area contributed by atoms with Gasteiger partial charge in [0, 0.05) is 6.08 Å². The molecule has 0 spiro atoms. The van der Waals surface area contributed by atoms with E-state index < -0.39 is 21.6 Å². The van der Waals surface area contributed by atoms with Crippen molar-refractivity contribution in [1.29, 1.82) is 0 Å². The SMILES string of the molecule is C/C(=C\C(=O)OP(=O)(O)OP(=O)(O)O)CCC[C@H](C)CCC[C@H](C)CCCC(C)C.[H-].[H-].[Na+].[Na+]. The number of carbonyl (C=O) groups excluding carboxylic acids is 1. The predicted octanol–water partition coefficient (Wildman–Crippen LogP) is 0.358. The minimum absolute atomic E-state index is 0. The molecular weight excluding hydrogens is 476 g/mol. The molecule has 0 aromatic carbocycles. The van der Waals surface area contributed by atoms with Gasteiger partial charge in [-0.1, -0.05) is 78.2 Å². The molecule has 0 aliphatic carbocycles. The molecule has 0 aromatic heterocycles. The fourth-order valence-corrected chi connectivity index (χ4v) is 4.76. The summed E-state index contributed by atoms with van der Waals surface area (Å²) in [6.45, 7) is 10.8.